The molecule has 0 aliphatic rings. The smallest absolute Gasteiger partial charge is 0.323 e. The minimum absolute atomic E-state index is 0.413. The maximum Gasteiger partial charge on any atom is 0.323 e. The van der Waals surface area contributed by atoms with Crippen molar-refractivity contribution in [3.8, 4) is 11.8 Å². The van der Waals surface area contributed by atoms with Gasteiger partial charge in [0.2, 0.25) is 0 Å². The van der Waals surface area contributed by atoms with Gasteiger partial charge in [-0.25, -0.2) is 0 Å². The lowest BCUT2D eigenvalue weighted by atomic mass is 10.1. The summed E-state index contributed by atoms with van der Waals surface area (Å²) in [5.41, 5.74) is -0.885. The highest BCUT2D eigenvalue weighted by molar-refractivity contribution is 5.77. The van der Waals surface area contributed by atoms with Gasteiger partial charge in [-0.05, 0) is 20.8 Å². The summed E-state index contributed by atoms with van der Waals surface area (Å²) >= 11 is 0. The van der Waals surface area contributed by atoms with E-state index in [9.17, 15) is 4.79 Å². The van der Waals surface area contributed by atoms with Crippen molar-refractivity contribution in [2.45, 2.75) is 26.3 Å². The van der Waals surface area contributed by atoms with E-state index in [1.165, 1.54) is 0 Å². The van der Waals surface area contributed by atoms with Gasteiger partial charge >= 0.3 is 5.97 Å². The molecule has 0 heterocycles. The van der Waals surface area contributed by atoms with Crippen LogP contribution in [0.1, 0.15) is 20.8 Å². The van der Waals surface area contributed by atoms with Crippen LogP contribution in [0.15, 0.2) is 0 Å². The Kier molecular flexibility index (Phi) is 3.63. The van der Waals surface area contributed by atoms with Gasteiger partial charge in [-0.1, -0.05) is 5.92 Å². The number of hydrogen-bond donors (Lipinski definition) is 2. The predicted molar refractivity (Wildman–Crippen MR) is 43.2 cm³/mol. The molecule has 0 atom stereocenters. The highest BCUT2D eigenvalue weighted by atomic mass is 16.4. The quantitative estimate of drug-likeness (QED) is 0.582. The van der Waals surface area contributed by atoms with E-state index in [1.807, 2.05) is 0 Å². The summed E-state index contributed by atoms with van der Waals surface area (Å²) in [4.78, 5) is 10.5. The Labute approximate surface area is 66.8 Å². The van der Waals surface area contributed by atoms with Gasteiger partial charge in [0.25, 0.3) is 0 Å². The fraction of sp³-hybridized carbons (Fsp3) is 0.625. The van der Waals surface area contributed by atoms with Crippen molar-refractivity contribution in [1.82, 2.24) is 5.32 Å². The zero-order valence-electron chi connectivity index (χ0n) is 7.06. The van der Waals surface area contributed by atoms with Gasteiger partial charge in [0.1, 0.15) is 5.54 Å². The minimum Gasteiger partial charge on any atom is -0.480 e. The lowest BCUT2D eigenvalue weighted by molar-refractivity contribution is -0.143. The Balaban J connectivity index is 3.89. The molecule has 0 aromatic carbocycles. The third-order valence-corrected chi connectivity index (χ3v) is 1.33. The predicted octanol–water partition coefficient (Wildman–Crippen LogP) is 0.463. The molecule has 0 aromatic heterocycles. The van der Waals surface area contributed by atoms with Crippen molar-refractivity contribution in [2.24, 2.45) is 0 Å². The molecule has 0 aromatic rings. The Morgan fingerprint density at radius 2 is 2.18 bits per heavy atom. The van der Waals surface area contributed by atoms with Crippen molar-refractivity contribution in [2.75, 3.05) is 6.54 Å². The van der Waals surface area contributed by atoms with E-state index < -0.39 is 11.5 Å². The molecule has 0 bridgehead atoms. The van der Waals surface area contributed by atoms with Gasteiger partial charge < -0.3 is 5.11 Å². The molecule has 0 amide bonds. The fourth-order valence-corrected chi connectivity index (χ4v) is 0.429. The fourth-order valence-electron chi connectivity index (χ4n) is 0.429. The molecule has 0 rings (SSSR count). The third kappa shape index (κ3) is 3.64. The van der Waals surface area contributed by atoms with Crippen molar-refractivity contribution in [1.29, 1.82) is 0 Å². The van der Waals surface area contributed by atoms with E-state index in [0.29, 0.717) is 6.54 Å². The summed E-state index contributed by atoms with van der Waals surface area (Å²) < 4.78 is 0. The second kappa shape index (κ2) is 3.99. The van der Waals surface area contributed by atoms with Crippen LogP contribution in [-0.2, 0) is 4.79 Å². The topological polar surface area (TPSA) is 49.3 Å². The molecule has 62 valence electrons. The SMILES string of the molecule is CC#CCNC(C)(C)C(=O)O. The van der Waals surface area contributed by atoms with Gasteiger partial charge in [0.05, 0.1) is 6.54 Å². The highest BCUT2D eigenvalue weighted by Crippen LogP contribution is 1.99. The van der Waals surface area contributed by atoms with Crippen molar-refractivity contribution >= 4 is 5.97 Å². The molecular formula is C8H13NO2. The van der Waals surface area contributed by atoms with Gasteiger partial charge in [0.15, 0.2) is 0 Å². The van der Waals surface area contributed by atoms with Crippen LogP contribution in [-0.4, -0.2) is 23.2 Å². The maximum atomic E-state index is 10.5. The average molecular weight is 155 g/mol. The Bertz CT molecular complexity index is 198. The lowest BCUT2D eigenvalue weighted by Crippen LogP contribution is -2.46. The van der Waals surface area contributed by atoms with E-state index in [1.54, 1.807) is 20.8 Å². The molecule has 0 radical (unpaired) electrons. The van der Waals surface area contributed by atoms with E-state index in [4.69, 9.17) is 5.11 Å². The molecule has 0 aliphatic heterocycles. The average Bonchev–Trinajstić information content (AvgIpc) is 1.88. The highest BCUT2D eigenvalue weighted by Gasteiger charge is 2.25. The molecule has 0 unspecified atom stereocenters. The molecule has 0 saturated heterocycles. The van der Waals surface area contributed by atoms with Crippen molar-refractivity contribution in [3.05, 3.63) is 0 Å². The summed E-state index contributed by atoms with van der Waals surface area (Å²) in [6.07, 6.45) is 0. The summed E-state index contributed by atoms with van der Waals surface area (Å²) in [6.45, 7) is 5.34. The number of hydrogen-bond acceptors (Lipinski definition) is 2. The Morgan fingerprint density at radius 1 is 1.64 bits per heavy atom. The maximum absolute atomic E-state index is 10.5. The zero-order chi connectivity index (χ0) is 8.91. The van der Waals surface area contributed by atoms with E-state index in [0.717, 1.165) is 0 Å². The molecule has 3 heteroatoms. The van der Waals surface area contributed by atoms with Crippen LogP contribution in [0.3, 0.4) is 0 Å². The first-order chi connectivity index (χ1) is 5.00. The molecule has 0 fully saturated rings. The summed E-state index contributed by atoms with van der Waals surface area (Å²) in [5.74, 6) is 4.54. The third-order valence-electron chi connectivity index (χ3n) is 1.33. The van der Waals surface area contributed by atoms with Gasteiger partial charge in [-0.15, -0.1) is 5.92 Å². The van der Waals surface area contributed by atoms with Gasteiger partial charge in [-0.3, -0.25) is 10.1 Å². The van der Waals surface area contributed by atoms with E-state index in [2.05, 4.69) is 17.2 Å². The number of rotatable bonds is 3. The van der Waals surface area contributed by atoms with Crippen molar-refractivity contribution < 1.29 is 9.90 Å². The van der Waals surface area contributed by atoms with Crippen LogP contribution >= 0.6 is 0 Å². The molecule has 0 spiro atoms. The second-order valence-corrected chi connectivity index (χ2v) is 2.71. The monoisotopic (exact) mass is 155 g/mol. The molecular weight excluding hydrogens is 142 g/mol. The molecule has 11 heavy (non-hydrogen) atoms. The molecule has 0 aliphatic carbocycles. The van der Waals surface area contributed by atoms with Crippen LogP contribution in [0.4, 0.5) is 0 Å². The van der Waals surface area contributed by atoms with Gasteiger partial charge in [0, 0.05) is 0 Å². The van der Waals surface area contributed by atoms with Crippen LogP contribution in [0.25, 0.3) is 0 Å². The number of carboxylic acids is 1. The molecule has 3 nitrogen and oxygen atoms in total. The Hall–Kier alpha value is -1.01. The van der Waals surface area contributed by atoms with Crippen LogP contribution in [0, 0.1) is 11.8 Å². The summed E-state index contributed by atoms with van der Waals surface area (Å²) in [5, 5.41) is 11.4. The first kappa shape index (κ1) is 9.99. The van der Waals surface area contributed by atoms with E-state index >= 15 is 0 Å². The molecule has 2 N–H and O–H groups in total. The van der Waals surface area contributed by atoms with Gasteiger partial charge in [-0.2, -0.15) is 0 Å². The molecule has 0 saturated carbocycles. The van der Waals surface area contributed by atoms with E-state index in [-0.39, 0.29) is 0 Å². The zero-order valence-corrected chi connectivity index (χ0v) is 7.06. The number of nitrogens with one attached hydrogen (secondary N) is 1. The first-order valence-electron chi connectivity index (χ1n) is 3.38. The standard InChI is InChI=1S/C8H13NO2/c1-4-5-6-9-8(2,3)7(10)11/h9H,6H2,1-3H3,(H,10,11). The number of aliphatic carboxylic acids is 1. The summed E-state index contributed by atoms with van der Waals surface area (Å²) in [7, 11) is 0. The summed E-state index contributed by atoms with van der Waals surface area (Å²) in [6, 6.07) is 0. The van der Waals surface area contributed by atoms with Crippen LogP contribution < -0.4 is 5.32 Å². The minimum atomic E-state index is -0.885. The largest absolute Gasteiger partial charge is 0.480 e. The Morgan fingerprint density at radius 3 is 2.55 bits per heavy atom. The second-order valence-electron chi connectivity index (χ2n) is 2.71. The first-order valence-corrected chi connectivity index (χ1v) is 3.38. The number of carbonyl (C=O) groups is 1. The van der Waals surface area contributed by atoms with Crippen molar-refractivity contribution in [3.63, 3.8) is 0 Å². The number of carboxylic acid groups (broad SMARTS) is 1. The van der Waals surface area contributed by atoms with Crippen LogP contribution in [0.5, 0.6) is 0 Å². The normalized spacial score (nSPS) is 10.1. The lowest BCUT2D eigenvalue weighted by Gasteiger charge is -2.18. The van der Waals surface area contributed by atoms with Crippen LogP contribution in [0.2, 0.25) is 0 Å².